The minimum atomic E-state index is 0.690. The third kappa shape index (κ3) is 2.46. The molecule has 1 rings (SSSR count). The van der Waals surface area contributed by atoms with Crippen molar-refractivity contribution in [3.8, 4) is 0 Å². The molecule has 2 unspecified atom stereocenters. The summed E-state index contributed by atoms with van der Waals surface area (Å²) in [4.78, 5) is 0. The van der Waals surface area contributed by atoms with Crippen LogP contribution in [0.25, 0.3) is 0 Å². The lowest BCUT2D eigenvalue weighted by Crippen LogP contribution is -2.29. The van der Waals surface area contributed by atoms with Crippen molar-refractivity contribution in [3.05, 3.63) is 0 Å². The van der Waals surface area contributed by atoms with E-state index in [9.17, 15) is 0 Å². The van der Waals surface area contributed by atoms with Crippen LogP contribution in [0.5, 0.6) is 0 Å². The number of rotatable bonds is 3. The third-order valence-electron chi connectivity index (χ3n) is 2.69. The highest BCUT2D eigenvalue weighted by Crippen LogP contribution is 2.23. The smallest absolute Gasteiger partial charge is 0.0497 e. The highest BCUT2D eigenvalue weighted by Gasteiger charge is 2.21. The van der Waals surface area contributed by atoms with E-state index in [1.807, 2.05) is 0 Å². The van der Waals surface area contributed by atoms with Crippen LogP contribution in [-0.4, -0.2) is 19.8 Å². The lowest BCUT2D eigenvalue weighted by molar-refractivity contribution is 0.0313. The summed E-state index contributed by atoms with van der Waals surface area (Å²) >= 11 is 0. The monoisotopic (exact) mass is 157 g/mol. The molecule has 1 fully saturated rings. The lowest BCUT2D eigenvalue weighted by atomic mass is 9.86. The molecular formula is C9H19NO. The van der Waals surface area contributed by atoms with E-state index in [0.717, 1.165) is 25.7 Å². The first-order valence-corrected chi connectivity index (χ1v) is 4.66. The van der Waals surface area contributed by atoms with Crippen LogP contribution in [0.1, 0.15) is 26.2 Å². The van der Waals surface area contributed by atoms with Gasteiger partial charge in [-0.3, -0.25) is 0 Å². The molecule has 0 aromatic carbocycles. The van der Waals surface area contributed by atoms with Gasteiger partial charge in [0.25, 0.3) is 0 Å². The van der Waals surface area contributed by atoms with Crippen molar-refractivity contribution in [2.45, 2.75) is 26.2 Å². The fourth-order valence-electron chi connectivity index (χ4n) is 1.83. The van der Waals surface area contributed by atoms with Crippen LogP contribution in [0.3, 0.4) is 0 Å². The average Bonchev–Trinajstić information content (AvgIpc) is 2.09. The molecule has 0 amide bonds. The second-order valence-corrected chi connectivity index (χ2v) is 3.38. The van der Waals surface area contributed by atoms with Crippen molar-refractivity contribution in [1.29, 1.82) is 0 Å². The summed E-state index contributed by atoms with van der Waals surface area (Å²) in [6, 6.07) is 0. The normalized spacial score (nSPS) is 28.4. The zero-order chi connectivity index (χ0) is 8.10. The number of nitrogens with two attached hydrogens (primary N) is 1. The Morgan fingerprint density at radius 2 is 2.45 bits per heavy atom. The molecule has 0 aromatic heterocycles. The molecule has 1 aliphatic heterocycles. The van der Waals surface area contributed by atoms with Gasteiger partial charge in [0.2, 0.25) is 0 Å². The van der Waals surface area contributed by atoms with Gasteiger partial charge in [0, 0.05) is 13.2 Å². The SMILES string of the molecule is CCC(CN)C1CCCOC1. The van der Waals surface area contributed by atoms with Crippen LogP contribution < -0.4 is 5.73 Å². The van der Waals surface area contributed by atoms with E-state index in [4.69, 9.17) is 10.5 Å². The molecule has 2 N–H and O–H groups in total. The second kappa shape index (κ2) is 4.73. The topological polar surface area (TPSA) is 35.2 Å². The van der Waals surface area contributed by atoms with Crippen molar-refractivity contribution in [3.63, 3.8) is 0 Å². The fourth-order valence-corrected chi connectivity index (χ4v) is 1.83. The molecule has 2 nitrogen and oxygen atoms in total. The van der Waals surface area contributed by atoms with Gasteiger partial charge in [-0.25, -0.2) is 0 Å². The maximum absolute atomic E-state index is 5.66. The molecule has 0 spiro atoms. The standard InChI is InChI=1S/C9H19NO/c1-2-8(6-10)9-4-3-5-11-7-9/h8-9H,2-7,10H2,1H3. The molecule has 66 valence electrons. The first kappa shape index (κ1) is 9.01. The minimum Gasteiger partial charge on any atom is -0.381 e. The Balaban J connectivity index is 2.30. The molecule has 1 aliphatic rings. The zero-order valence-corrected chi connectivity index (χ0v) is 7.38. The fraction of sp³-hybridized carbons (Fsp3) is 1.00. The summed E-state index contributed by atoms with van der Waals surface area (Å²) in [6.45, 7) is 4.93. The van der Waals surface area contributed by atoms with Crippen molar-refractivity contribution in [2.24, 2.45) is 17.6 Å². The van der Waals surface area contributed by atoms with Gasteiger partial charge in [-0.15, -0.1) is 0 Å². The van der Waals surface area contributed by atoms with Crippen LogP contribution >= 0.6 is 0 Å². The highest BCUT2D eigenvalue weighted by atomic mass is 16.5. The van der Waals surface area contributed by atoms with E-state index in [1.165, 1.54) is 19.3 Å². The second-order valence-electron chi connectivity index (χ2n) is 3.38. The van der Waals surface area contributed by atoms with Gasteiger partial charge in [-0.05, 0) is 31.2 Å². The van der Waals surface area contributed by atoms with Crippen molar-refractivity contribution >= 4 is 0 Å². The van der Waals surface area contributed by atoms with Gasteiger partial charge in [0.05, 0.1) is 0 Å². The Morgan fingerprint density at radius 1 is 1.64 bits per heavy atom. The predicted octanol–water partition coefficient (Wildman–Crippen LogP) is 1.40. The molecule has 2 heteroatoms. The Labute approximate surface area is 69.1 Å². The van der Waals surface area contributed by atoms with Crippen LogP contribution in [0, 0.1) is 11.8 Å². The molecule has 0 aromatic rings. The molecular weight excluding hydrogens is 138 g/mol. The zero-order valence-electron chi connectivity index (χ0n) is 7.38. The molecule has 1 heterocycles. The minimum absolute atomic E-state index is 0.690. The van der Waals surface area contributed by atoms with Gasteiger partial charge in [-0.1, -0.05) is 13.3 Å². The predicted molar refractivity (Wildman–Crippen MR) is 46.4 cm³/mol. The van der Waals surface area contributed by atoms with E-state index < -0.39 is 0 Å². The Kier molecular flexibility index (Phi) is 3.87. The van der Waals surface area contributed by atoms with Crippen molar-refractivity contribution in [2.75, 3.05) is 19.8 Å². The summed E-state index contributed by atoms with van der Waals surface area (Å²) in [7, 11) is 0. The van der Waals surface area contributed by atoms with Gasteiger partial charge in [0.15, 0.2) is 0 Å². The first-order valence-electron chi connectivity index (χ1n) is 4.66. The van der Waals surface area contributed by atoms with Gasteiger partial charge >= 0.3 is 0 Å². The first-order chi connectivity index (χ1) is 5.38. The van der Waals surface area contributed by atoms with Gasteiger partial charge in [-0.2, -0.15) is 0 Å². The highest BCUT2D eigenvalue weighted by molar-refractivity contribution is 4.72. The largest absolute Gasteiger partial charge is 0.381 e. The van der Waals surface area contributed by atoms with E-state index in [0.29, 0.717) is 5.92 Å². The number of ether oxygens (including phenoxy) is 1. The summed E-state index contributed by atoms with van der Waals surface area (Å²) < 4.78 is 5.41. The number of hydrogen-bond donors (Lipinski definition) is 1. The van der Waals surface area contributed by atoms with Crippen molar-refractivity contribution in [1.82, 2.24) is 0 Å². The van der Waals surface area contributed by atoms with Crippen LogP contribution in [0.15, 0.2) is 0 Å². The van der Waals surface area contributed by atoms with E-state index >= 15 is 0 Å². The molecule has 0 bridgehead atoms. The van der Waals surface area contributed by atoms with E-state index in [2.05, 4.69) is 6.92 Å². The summed E-state index contributed by atoms with van der Waals surface area (Å²) in [5, 5.41) is 0. The molecule has 0 radical (unpaired) electrons. The Morgan fingerprint density at radius 3 is 2.91 bits per heavy atom. The van der Waals surface area contributed by atoms with Crippen LogP contribution in [0.4, 0.5) is 0 Å². The maximum atomic E-state index is 5.66. The molecule has 2 atom stereocenters. The molecule has 0 saturated carbocycles. The van der Waals surface area contributed by atoms with E-state index in [1.54, 1.807) is 0 Å². The molecule has 0 aliphatic carbocycles. The average molecular weight is 157 g/mol. The number of hydrogen-bond acceptors (Lipinski definition) is 2. The van der Waals surface area contributed by atoms with E-state index in [-0.39, 0.29) is 0 Å². The Bertz CT molecular complexity index is 95.7. The Hall–Kier alpha value is -0.0800. The quantitative estimate of drug-likeness (QED) is 0.672. The van der Waals surface area contributed by atoms with Crippen LogP contribution in [-0.2, 0) is 4.74 Å². The molecule has 11 heavy (non-hydrogen) atoms. The third-order valence-corrected chi connectivity index (χ3v) is 2.69. The maximum Gasteiger partial charge on any atom is 0.0497 e. The summed E-state index contributed by atoms with van der Waals surface area (Å²) in [5.41, 5.74) is 5.66. The van der Waals surface area contributed by atoms with Gasteiger partial charge in [0.1, 0.15) is 0 Å². The van der Waals surface area contributed by atoms with Crippen LogP contribution in [0.2, 0.25) is 0 Å². The summed E-state index contributed by atoms with van der Waals surface area (Å²) in [5.74, 6) is 1.43. The van der Waals surface area contributed by atoms with Gasteiger partial charge < -0.3 is 10.5 Å². The molecule has 1 saturated heterocycles. The summed E-state index contributed by atoms with van der Waals surface area (Å²) in [6.07, 6.45) is 3.74. The van der Waals surface area contributed by atoms with Crippen molar-refractivity contribution < 1.29 is 4.74 Å². The lowest BCUT2D eigenvalue weighted by Gasteiger charge is -2.28.